The van der Waals surface area contributed by atoms with Crippen LogP contribution in [0.3, 0.4) is 0 Å². The van der Waals surface area contributed by atoms with Gasteiger partial charge in [-0.05, 0) is 29.9 Å². The molecule has 1 saturated heterocycles. The summed E-state index contributed by atoms with van der Waals surface area (Å²) in [5.74, 6) is 0.243. The number of thioether (sulfide) groups is 2. The van der Waals surface area contributed by atoms with Gasteiger partial charge in [0.1, 0.15) is 6.61 Å². The van der Waals surface area contributed by atoms with Crippen LogP contribution < -0.4 is 0 Å². The van der Waals surface area contributed by atoms with E-state index in [0.29, 0.717) is 24.3 Å². The number of benzene rings is 1. The van der Waals surface area contributed by atoms with Gasteiger partial charge in [0.15, 0.2) is 10.6 Å². The molecule has 3 unspecified atom stereocenters. The number of likely N-dealkylation sites (tertiary alicyclic amines) is 1. The number of carbonyl (C=O) groups is 3. The zero-order valence-corrected chi connectivity index (χ0v) is 18.6. The molecule has 1 amide bonds. The summed E-state index contributed by atoms with van der Waals surface area (Å²) >= 11 is 2.57. The molecule has 1 fully saturated rings. The molecule has 30 heavy (non-hydrogen) atoms. The van der Waals surface area contributed by atoms with Gasteiger partial charge in [-0.2, -0.15) is 0 Å². The van der Waals surface area contributed by atoms with E-state index in [9.17, 15) is 24.5 Å². The van der Waals surface area contributed by atoms with Crippen LogP contribution in [0.25, 0.3) is 0 Å². The molecule has 0 bridgehead atoms. The molecule has 0 spiro atoms. The summed E-state index contributed by atoms with van der Waals surface area (Å²) < 4.78 is 10.8. The number of esters is 1. The maximum absolute atomic E-state index is 12.8. The molecule has 0 radical (unpaired) electrons. The van der Waals surface area contributed by atoms with Crippen molar-refractivity contribution in [2.24, 2.45) is 0 Å². The molecule has 9 nitrogen and oxygen atoms in total. The van der Waals surface area contributed by atoms with Gasteiger partial charge in [-0.3, -0.25) is 24.6 Å². The Bertz CT molecular complexity index is 788. The van der Waals surface area contributed by atoms with Gasteiger partial charge in [0.05, 0.1) is 11.0 Å². The lowest BCUT2D eigenvalue weighted by atomic mass is 10.2. The van der Waals surface area contributed by atoms with Crippen LogP contribution in [0.5, 0.6) is 0 Å². The molecular weight excluding hydrogens is 432 g/mol. The first kappa shape index (κ1) is 24.0. The molecule has 0 aliphatic carbocycles. The van der Waals surface area contributed by atoms with Crippen LogP contribution in [0.15, 0.2) is 24.3 Å². The average molecular weight is 457 g/mol. The van der Waals surface area contributed by atoms with Crippen molar-refractivity contribution in [2.75, 3.05) is 12.3 Å². The number of hydrogen-bond donors (Lipinski definition) is 0. The van der Waals surface area contributed by atoms with E-state index < -0.39 is 28.5 Å². The molecule has 3 atom stereocenters. The normalized spacial score (nSPS) is 19.2. The Balaban J connectivity index is 2.09. The minimum Gasteiger partial charge on any atom is -0.449 e. The van der Waals surface area contributed by atoms with Gasteiger partial charge in [-0.25, -0.2) is 4.79 Å². The summed E-state index contributed by atoms with van der Waals surface area (Å²) in [5.41, 5.74) is 0.00501. The first-order valence-corrected chi connectivity index (χ1v) is 11.3. The van der Waals surface area contributed by atoms with Crippen molar-refractivity contribution >= 4 is 46.4 Å². The highest BCUT2D eigenvalue weighted by Gasteiger charge is 2.43. The molecule has 1 aliphatic heterocycles. The second-order valence-electron chi connectivity index (χ2n) is 6.60. The van der Waals surface area contributed by atoms with Crippen molar-refractivity contribution in [3.8, 4) is 0 Å². The Morgan fingerprint density at radius 3 is 2.47 bits per heavy atom. The molecule has 0 saturated carbocycles. The lowest BCUT2D eigenvalue weighted by Crippen LogP contribution is -2.43. The fourth-order valence-electron chi connectivity index (χ4n) is 3.11. The van der Waals surface area contributed by atoms with E-state index in [1.807, 2.05) is 6.92 Å². The van der Waals surface area contributed by atoms with E-state index in [1.54, 1.807) is 0 Å². The molecule has 11 heteroatoms. The van der Waals surface area contributed by atoms with Crippen molar-refractivity contribution in [1.29, 1.82) is 0 Å². The van der Waals surface area contributed by atoms with Crippen molar-refractivity contribution in [3.05, 3.63) is 39.9 Å². The van der Waals surface area contributed by atoms with Crippen LogP contribution in [0.1, 0.15) is 32.8 Å². The first-order valence-electron chi connectivity index (χ1n) is 9.34. The van der Waals surface area contributed by atoms with Crippen LogP contribution in [0, 0.1) is 10.1 Å². The summed E-state index contributed by atoms with van der Waals surface area (Å²) in [7, 11) is 0. The third-order valence-corrected chi connectivity index (χ3v) is 6.39. The number of rotatable bonds is 8. The van der Waals surface area contributed by atoms with Gasteiger partial charge in [0, 0.05) is 37.8 Å². The highest BCUT2D eigenvalue weighted by molar-refractivity contribution is 8.14. The van der Waals surface area contributed by atoms with Crippen molar-refractivity contribution in [3.63, 3.8) is 0 Å². The Morgan fingerprint density at radius 2 is 1.93 bits per heavy atom. The van der Waals surface area contributed by atoms with E-state index in [2.05, 4.69) is 0 Å². The van der Waals surface area contributed by atoms with E-state index >= 15 is 0 Å². The molecule has 1 aromatic carbocycles. The van der Waals surface area contributed by atoms with Gasteiger partial charge < -0.3 is 9.47 Å². The number of nitro benzene ring substituents is 1. The molecule has 0 N–H and O–H groups in total. The maximum Gasteiger partial charge on any atom is 0.410 e. The van der Waals surface area contributed by atoms with E-state index in [4.69, 9.17) is 9.47 Å². The lowest BCUT2D eigenvalue weighted by molar-refractivity contribution is -0.384. The Labute approximate surface area is 183 Å². The summed E-state index contributed by atoms with van der Waals surface area (Å²) in [6.07, 6.45) is -0.0826. The van der Waals surface area contributed by atoms with Crippen LogP contribution >= 0.6 is 23.5 Å². The molecule has 164 valence electrons. The second kappa shape index (κ2) is 11.2. The number of non-ortho nitro benzene ring substituents is 1. The smallest absolute Gasteiger partial charge is 0.410 e. The Hall–Kier alpha value is -2.27. The van der Waals surface area contributed by atoms with Gasteiger partial charge in [0.25, 0.3) is 5.69 Å². The minimum absolute atomic E-state index is 0.0467. The quantitative estimate of drug-likeness (QED) is 0.250. The average Bonchev–Trinajstić information content (AvgIpc) is 3.08. The zero-order valence-electron chi connectivity index (χ0n) is 16.9. The van der Waals surface area contributed by atoms with E-state index in [1.165, 1.54) is 54.8 Å². The highest BCUT2D eigenvalue weighted by Crippen LogP contribution is 2.35. The fraction of sp³-hybridized carbons (Fsp3) is 0.526. The molecule has 2 rings (SSSR count). The highest BCUT2D eigenvalue weighted by atomic mass is 32.2. The van der Waals surface area contributed by atoms with Crippen LogP contribution in [-0.2, 0) is 25.7 Å². The molecule has 1 heterocycles. The molecule has 1 aromatic rings. The molecular formula is C19H24N2O7S2. The third kappa shape index (κ3) is 6.91. The van der Waals surface area contributed by atoms with Gasteiger partial charge in [0.2, 0.25) is 0 Å². The van der Waals surface area contributed by atoms with Gasteiger partial charge >= 0.3 is 12.1 Å². The Kier molecular flexibility index (Phi) is 8.97. The van der Waals surface area contributed by atoms with Crippen LogP contribution in [-0.4, -0.2) is 56.0 Å². The van der Waals surface area contributed by atoms with E-state index in [-0.39, 0.29) is 22.7 Å². The number of nitrogens with zero attached hydrogens (tertiary/aromatic N) is 2. The summed E-state index contributed by atoms with van der Waals surface area (Å²) in [6.45, 7) is 4.96. The first-order chi connectivity index (χ1) is 14.2. The van der Waals surface area contributed by atoms with E-state index in [0.717, 1.165) is 11.8 Å². The number of nitro groups is 1. The number of ether oxygens (including phenoxy) is 2. The van der Waals surface area contributed by atoms with Crippen molar-refractivity contribution < 1.29 is 28.8 Å². The fourth-order valence-corrected chi connectivity index (χ4v) is 5.12. The lowest BCUT2D eigenvalue weighted by Gasteiger charge is -2.29. The van der Waals surface area contributed by atoms with Gasteiger partial charge in [-0.15, -0.1) is 11.8 Å². The standard InChI is InChI=1S/C19H24N2O7S2/c1-4-29-18(28-12(2)22)17-9-16(30-13(3)23)10-20(17)19(24)27-11-14-5-7-15(8-6-14)21(25)26/h5-8,16-18H,4,9-11H2,1-3H3. The summed E-state index contributed by atoms with van der Waals surface area (Å²) in [4.78, 5) is 47.6. The zero-order chi connectivity index (χ0) is 22.3. The van der Waals surface area contributed by atoms with Crippen molar-refractivity contribution in [2.45, 2.75) is 50.5 Å². The van der Waals surface area contributed by atoms with Gasteiger partial charge in [-0.1, -0.05) is 18.7 Å². The molecule has 0 aromatic heterocycles. The van der Waals surface area contributed by atoms with Crippen molar-refractivity contribution in [1.82, 2.24) is 4.90 Å². The predicted molar refractivity (Wildman–Crippen MR) is 114 cm³/mol. The summed E-state index contributed by atoms with van der Waals surface area (Å²) in [6, 6.07) is 5.32. The summed E-state index contributed by atoms with van der Waals surface area (Å²) in [5, 5.41) is 10.6. The largest absolute Gasteiger partial charge is 0.449 e. The number of amides is 1. The monoisotopic (exact) mass is 456 g/mol. The SMILES string of the molecule is CCSC(OC(C)=O)C1CC(SC(C)=O)CN1C(=O)OCc1ccc([N+](=O)[O-])cc1. The Morgan fingerprint density at radius 1 is 1.27 bits per heavy atom. The van der Waals surface area contributed by atoms with Crippen LogP contribution in [0.4, 0.5) is 10.5 Å². The predicted octanol–water partition coefficient (Wildman–Crippen LogP) is 3.60. The number of carbonyl (C=O) groups excluding carboxylic acids is 3. The maximum atomic E-state index is 12.8. The second-order valence-corrected chi connectivity index (χ2v) is 9.45. The number of hydrogen-bond acceptors (Lipinski definition) is 9. The molecule has 1 aliphatic rings. The minimum atomic E-state index is -0.584. The topological polar surface area (TPSA) is 116 Å². The third-order valence-electron chi connectivity index (χ3n) is 4.31. The van der Waals surface area contributed by atoms with Crippen LogP contribution in [0.2, 0.25) is 0 Å².